The number of nitrogens with zero attached hydrogens (tertiary/aromatic N) is 5. The maximum atomic E-state index is 5.92. The molecule has 0 aromatic carbocycles. The van der Waals surface area contributed by atoms with Gasteiger partial charge in [-0.05, 0) is 13.5 Å². The number of methoxy groups -OCH3 is 1. The molecule has 2 rings (SSSR count). The van der Waals surface area contributed by atoms with Crippen molar-refractivity contribution in [1.82, 2.24) is 24.6 Å². The van der Waals surface area contributed by atoms with Gasteiger partial charge in [0.05, 0.1) is 18.1 Å². The molecule has 0 fully saturated rings. The lowest BCUT2D eigenvalue weighted by Gasteiger charge is -2.15. The van der Waals surface area contributed by atoms with Gasteiger partial charge in [0, 0.05) is 27.3 Å². The van der Waals surface area contributed by atoms with Crippen molar-refractivity contribution in [3.05, 3.63) is 12.0 Å². The van der Waals surface area contributed by atoms with E-state index in [4.69, 9.17) is 10.5 Å². The van der Waals surface area contributed by atoms with Crippen LogP contribution in [0.3, 0.4) is 0 Å². The average Bonchev–Trinajstić information content (AvgIpc) is 2.72. The summed E-state index contributed by atoms with van der Waals surface area (Å²) in [6.07, 6.45) is 2.67. The lowest BCUT2D eigenvalue weighted by atomic mass is 10.3. The Bertz CT molecular complexity index is 552. The van der Waals surface area contributed by atoms with Crippen molar-refractivity contribution >= 4 is 16.9 Å². The summed E-state index contributed by atoms with van der Waals surface area (Å²) in [4.78, 5) is 11.0. The fourth-order valence-corrected chi connectivity index (χ4v) is 1.96. The molecule has 7 heteroatoms. The van der Waals surface area contributed by atoms with Crippen molar-refractivity contribution < 1.29 is 4.74 Å². The first-order chi connectivity index (χ1) is 9.11. The van der Waals surface area contributed by atoms with Gasteiger partial charge < -0.3 is 10.5 Å². The molecule has 19 heavy (non-hydrogen) atoms. The number of nitrogens with two attached hydrogens (primary N) is 1. The van der Waals surface area contributed by atoms with E-state index in [0.29, 0.717) is 18.2 Å². The standard InChI is InChI=1S/C12H20N6O/c1-17(5-4-6-19-3)8-10-15-11(13)9-7-14-18(2)12(9)16-10/h7H,4-6,8H2,1-3H3,(H2,13,15,16). The Hall–Kier alpha value is -1.73. The van der Waals surface area contributed by atoms with Gasteiger partial charge in [0.2, 0.25) is 0 Å². The van der Waals surface area contributed by atoms with E-state index in [1.165, 1.54) is 0 Å². The highest BCUT2D eigenvalue weighted by Gasteiger charge is 2.10. The van der Waals surface area contributed by atoms with Crippen LogP contribution < -0.4 is 5.73 Å². The summed E-state index contributed by atoms with van der Waals surface area (Å²) in [6, 6.07) is 0. The van der Waals surface area contributed by atoms with Gasteiger partial charge in [-0.1, -0.05) is 0 Å². The summed E-state index contributed by atoms with van der Waals surface area (Å²) < 4.78 is 6.75. The minimum atomic E-state index is 0.485. The van der Waals surface area contributed by atoms with E-state index in [1.54, 1.807) is 18.0 Å². The van der Waals surface area contributed by atoms with Gasteiger partial charge in [-0.25, -0.2) is 9.97 Å². The summed E-state index contributed by atoms with van der Waals surface area (Å²) >= 11 is 0. The number of rotatable bonds is 6. The van der Waals surface area contributed by atoms with Crippen LogP contribution in [0.25, 0.3) is 11.0 Å². The Balaban J connectivity index is 2.10. The zero-order valence-corrected chi connectivity index (χ0v) is 11.6. The van der Waals surface area contributed by atoms with Gasteiger partial charge in [0.1, 0.15) is 11.6 Å². The van der Waals surface area contributed by atoms with Gasteiger partial charge in [-0.15, -0.1) is 0 Å². The number of nitrogen functional groups attached to an aromatic ring is 1. The second-order valence-corrected chi connectivity index (χ2v) is 4.61. The second-order valence-electron chi connectivity index (χ2n) is 4.61. The number of aromatic nitrogens is 4. The van der Waals surface area contributed by atoms with E-state index < -0.39 is 0 Å². The molecule has 7 nitrogen and oxygen atoms in total. The van der Waals surface area contributed by atoms with Crippen LogP contribution in [0.15, 0.2) is 6.20 Å². The van der Waals surface area contributed by atoms with Crippen molar-refractivity contribution in [1.29, 1.82) is 0 Å². The van der Waals surface area contributed by atoms with Crippen molar-refractivity contribution in [2.24, 2.45) is 7.05 Å². The number of ether oxygens (including phenoxy) is 1. The Morgan fingerprint density at radius 2 is 2.21 bits per heavy atom. The van der Waals surface area contributed by atoms with Crippen molar-refractivity contribution in [3.8, 4) is 0 Å². The van der Waals surface area contributed by atoms with Crippen LogP contribution in [0.2, 0.25) is 0 Å². The lowest BCUT2D eigenvalue weighted by Crippen LogP contribution is -2.22. The largest absolute Gasteiger partial charge is 0.385 e. The van der Waals surface area contributed by atoms with Crippen LogP contribution in [0.5, 0.6) is 0 Å². The molecule has 104 valence electrons. The highest BCUT2D eigenvalue weighted by atomic mass is 16.5. The first kappa shape index (κ1) is 13.7. The van der Waals surface area contributed by atoms with Crippen molar-refractivity contribution in [2.75, 3.05) is 33.0 Å². The Labute approximate surface area is 112 Å². The fraction of sp³-hybridized carbons (Fsp3) is 0.583. The van der Waals surface area contributed by atoms with Gasteiger partial charge in [-0.2, -0.15) is 5.10 Å². The zero-order chi connectivity index (χ0) is 13.8. The first-order valence-electron chi connectivity index (χ1n) is 6.23. The van der Waals surface area contributed by atoms with Crippen LogP contribution in [0.1, 0.15) is 12.2 Å². The summed E-state index contributed by atoms with van der Waals surface area (Å²) in [6.45, 7) is 2.35. The molecule has 0 unspecified atom stereocenters. The van der Waals surface area contributed by atoms with E-state index in [9.17, 15) is 0 Å². The molecule has 0 aliphatic carbocycles. The number of fused-ring (bicyclic) bond motifs is 1. The van der Waals surface area contributed by atoms with E-state index in [-0.39, 0.29) is 0 Å². The molecule has 0 aliphatic heterocycles. The van der Waals surface area contributed by atoms with Crippen LogP contribution in [0.4, 0.5) is 5.82 Å². The Kier molecular flexibility index (Phi) is 4.28. The van der Waals surface area contributed by atoms with E-state index in [1.807, 2.05) is 14.1 Å². The Morgan fingerprint density at radius 1 is 1.42 bits per heavy atom. The SMILES string of the molecule is COCCCN(C)Cc1nc(N)c2cnn(C)c2n1. The van der Waals surface area contributed by atoms with E-state index >= 15 is 0 Å². The van der Waals surface area contributed by atoms with Crippen LogP contribution in [0, 0.1) is 0 Å². The molecule has 0 saturated carbocycles. The third-order valence-corrected chi connectivity index (χ3v) is 2.97. The maximum absolute atomic E-state index is 5.92. The fourth-order valence-electron chi connectivity index (χ4n) is 1.96. The quantitative estimate of drug-likeness (QED) is 0.761. The van der Waals surface area contributed by atoms with Crippen molar-refractivity contribution in [3.63, 3.8) is 0 Å². The number of anilines is 1. The highest BCUT2D eigenvalue weighted by Crippen LogP contribution is 2.16. The van der Waals surface area contributed by atoms with Crippen molar-refractivity contribution in [2.45, 2.75) is 13.0 Å². The molecule has 0 radical (unpaired) electrons. The molecule has 2 aromatic rings. The maximum Gasteiger partial charge on any atom is 0.163 e. The molecule has 2 aromatic heterocycles. The molecule has 0 atom stereocenters. The molecule has 2 N–H and O–H groups in total. The normalized spacial score (nSPS) is 11.6. The molecule has 0 aliphatic rings. The average molecular weight is 264 g/mol. The van der Waals surface area contributed by atoms with E-state index in [0.717, 1.165) is 30.6 Å². The molecule has 2 heterocycles. The molecular weight excluding hydrogens is 244 g/mol. The third-order valence-electron chi connectivity index (χ3n) is 2.97. The topological polar surface area (TPSA) is 82.1 Å². The predicted octanol–water partition coefficient (Wildman–Crippen LogP) is 0.414. The first-order valence-corrected chi connectivity index (χ1v) is 6.23. The van der Waals surface area contributed by atoms with Crippen LogP contribution in [-0.4, -0.2) is 52.0 Å². The Morgan fingerprint density at radius 3 is 2.95 bits per heavy atom. The summed E-state index contributed by atoms with van der Waals surface area (Å²) in [5.41, 5.74) is 6.70. The van der Waals surface area contributed by atoms with Gasteiger partial charge in [0.25, 0.3) is 0 Å². The number of hydrogen-bond donors (Lipinski definition) is 1. The van der Waals surface area contributed by atoms with Gasteiger partial charge >= 0.3 is 0 Å². The monoisotopic (exact) mass is 264 g/mol. The van der Waals surface area contributed by atoms with E-state index in [2.05, 4.69) is 20.0 Å². The minimum Gasteiger partial charge on any atom is -0.385 e. The molecule has 0 amide bonds. The molecule has 0 saturated heterocycles. The van der Waals surface area contributed by atoms with Gasteiger partial charge in [-0.3, -0.25) is 9.58 Å². The summed E-state index contributed by atoms with van der Waals surface area (Å²) in [5, 5.41) is 4.94. The summed E-state index contributed by atoms with van der Waals surface area (Å²) in [7, 11) is 5.59. The zero-order valence-electron chi connectivity index (χ0n) is 11.6. The lowest BCUT2D eigenvalue weighted by molar-refractivity contribution is 0.177. The molecule has 0 spiro atoms. The highest BCUT2D eigenvalue weighted by molar-refractivity contribution is 5.84. The smallest absolute Gasteiger partial charge is 0.163 e. The van der Waals surface area contributed by atoms with Gasteiger partial charge in [0.15, 0.2) is 5.65 Å². The molecule has 0 bridgehead atoms. The third kappa shape index (κ3) is 3.18. The predicted molar refractivity (Wildman–Crippen MR) is 73.5 cm³/mol. The molecular formula is C12H20N6O. The number of hydrogen-bond acceptors (Lipinski definition) is 6. The van der Waals surface area contributed by atoms with Crippen LogP contribution in [-0.2, 0) is 18.3 Å². The minimum absolute atomic E-state index is 0.485. The second kappa shape index (κ2) is 5.94. The van der Waals surface area contributed by atoms with Crippen LogP contribution >= 0.6 is 0 Å². The summed E-state index contributed by atoms with van der Waals surface area (Å²) in [5.74, 6) is 1.20. The number of aryl methyl sites for hydroxylation is 1.